The van der Waals surface area contributed by atoms with Gasteiger partial charge in [0.25, 0.3) is 0 Å². The number of carbonyl (C=O) groups excluding carboxylic acids is 1. The average Bonchev–Trinajstić information content (AvgIpc) is 3.12. The molecule has 0 bridgehead atoms. The van der Waals surface area contributed by atoms with Crippen LogP contribution < -0.4 is 4.74 Å². The Kier molecular flexibility index (Phi) is 3.22. The summed E-state index contributed by atoms with van der Waals surface area (Å²) in [5.41, 5.74) is 0.672. The van der Waals surface area contributed by atoms with Gasteiger partial charge in [-0.15, -0.1) is 0 Å². The Morgan fingerprint density at radius 3 is 2.94 bits per heavy atom. The third-order valence-corrected chi connectivity index (χ3v) is 3.05. The molecule has 3 nitrogen and oxygen atoms in total. The molecule has 1 aromatic rings. The van der Waals surface area contributed by atoms with Crippen LogP contribution in [0.2, 0.25) is 0 Å². The van der Waals surface area contributed by atoms with Gasteiger partial charge < -0.3 is 4.74 Å². The first-order valence-electron chi connectivity index (χ1n) is 5.84. The van der Waals surface area contributed by atoms with E-state index in [9.17, 15) is 4.79 Å². The Labute approximate surface area is 95.8 Å². The van der Waals surface area contributed by atoms with E-state index in [-0.39, 0.29) is 11.7 Å². The number of carbonyl (C=O) groups is 1. The molecule has 0 amide bonds. The van der Waals surface area contributed by atoms with E-state index in [0.29, 0.717) is 23.8 Å². The number of rotatable bonds is 5. The molecule has 1 aliphatic rings. The lowest BCUT2D eigenvalue weighted by molar-refractivity contribution is 0.0915. The smallest absolute Gasteiger partial charge is 0.167 e. The second-order valence-electron chi connectivity index (χ2n) is 4.33. The normalized spacial score (nSPS) is 16.9. The fourth-order valence-corrected chi connectivity index (χ4v) is 1.87. The zero-order chi connectivity index (χ0) is 11.5. The molecular formula is C13H17NO2. The Morgan fingerprint density at radius 1 is 1.56 bits per heavy atom. The van der Waals surface area contributed by atoms with Gasteiger partial charge >= 0.3 is 0 Å². The van der Waals surface area contributed by atoms with Crippen molar-refractivity contribution in [2.75, 3.05) is 6.61 Å². The number of Topliss-reactive ketones (excluding diaryl/α,β-unsaturated/α-hetero) is 1. The third kappa shape index (κ3) is 2.40. The van der Waals surface area contributed by atoms with E-state index in [1.807, 2.05) is 13.8 Å². The summed E-state index contributed by atoms with van der Waals surface area (Å²) >= 11 is 0. The van der Waals surface area contributed by atoms with Crippen molar-refractivity contribution in [3.05, 3.63) is 24.0 Å². The van der Waals surface area contributed by atoms with Crippen molar-refractivity contribution < 1.29 is 9.53 Å². The molecule has 1 fully saturated rings. The Morgan fingerprint density at radius 2 is 2.31 bits per heavy atom. The summed E-state index contributed by atoms with van der Waals surface area (Å²) in [6, 6.07) is 1.79. The summed E-state index contributed by atoms with van der Waals surface area (Å²) in [4.78, 5) is 16.1. The number of hydrogen-bond acceptors (Lipinski definition) is 3. The topological polar surface area (TPSA) is 39.2 Å². The SMILES string of the molecule is CCOc1cncc(C(=O)C(C)C2CC2)c1. The molecule has 0 spiro atoms. The molecule has 0 aromatic carbocycles. The lowest BCUT2D eigenvalue weighted by Crippen LogP contribution is -2.13. The van der Waals surface area contributed by atoms with Crippen molar-refractivity contribution in [3.63, 3.8) is 0 Å². The van der Waals surface area contributed by atoms with E-state index in [4.69, 9.17) is 4.74 Å². The first-order chi connectivity index (χ1) is 7.72. The van der Waals surface area contributed by atoms with Crippen LogP contribution in [0, 0.1) is 11.8 Å². The summed E-state index contributed by atoms with van der Waals surface area (Å²) in [6.07, 6.45) is 5.64. The van der Waals surface area contributed by atoms with Crippen molar-refractivity contribution >= 4 is 5.78 Å². The van der Waals surface area contributed by atoms with Crippen molar-refractivity contribution in [1.29, 1.82) is 0 Å². The monoisotopic (exact) mass is 219 g/mol. The van der Waals surface area contributed by atoms with Crippen LogP contribution in [0.3, 0.4) is 0 Å². The highest BCUT2D eigenvalue weighted by Crippen LogP contribution is 2.38. The molecule has 0 radical (unpaired) electrons. The summed E-state index contributed by atoms with van der Waals surface area (Å²) in [5.74, 6) is 1.58. The van der Waals surface area contributed by atoms with Gasteiger partial charge in [-0.3, -0.25) is 9.78 Å². The van der Waals surface area contributed by atoms with E-state index in [2.05, 4.69) is 4.98 Å². The lowest BCUT2D eigenvalue weighted by atomic mass is 9.96. The zero-order valence-corrected chi connectivity index (χ0v) is 9.77. The Balaban J connectivity index is 2.12. The summed E-state index contributed by atoms with van der Waals surface area (Å²) in [6.45, 7) is 4.52. The van der Waals surface area contributed by atoms with Crippen LogP contribution in [0.4, 0.5) is 0 Å². The van der Waals surface area contributed by atoms with Crippen LogP contribution in [0.1, 0.15) is 37.0 Å². The summed E-state index contributed by atoms with van der Waals surface area (Å²) < 4.78 is 5.34. The zero-order valence-electron chi connectivity index (χ0n) is 9.77. The minimum absolute atomic E-state index is 0.124. The van der Waals surface area contributed by atoms with Crippen LogP contribution in [0.15, 0.2) is 18.5 Å². The van der Waals surface area contributed by atoms with Gasteiger partial charge in [-0.2, -0.15) is 0 Å². The van der Waals surface area contributed by atoms with E-state index in [1.54, 1.807) is 18.5 Å². The molecule has 0 aliphatic heterocycles. The van der Waals surface area contributed by atoms with Gasteiger partial charge in [-0.25, -0.2) is 0 Å². The minimum Gasteiger partial charge on any atom is -0.492 e. The highest BCUT2D eigenvalue weighted by molar-refractivity contribution is 5.98. The molecule has 1 atom stereocenters. The van der Waals surface area contributed by atoms with Gasteiger partial charge in [0, 0.05) is 17.7 Å². The van der Waals surface area contributed by atoms with Crippen LogP contribution in [-0.2, 0) is 0 Å². The quantitative estimate of drug-likeness (QED) is 0.715. The molecule has 1 unspecified atom stereocenters. The minimum atomic E-state index is 0.124. The van der Waals surface area contributed by atoms with Gasteiger partial charge in [0.05, 0.1) is 12.8 Å². The second kappa shape index (κ2) is 4.64. The van der Waals surface area contributed by atoms with E-state index in [1.165, 1.54) is 12.8 Å². The second-order valence-corrected chi connectivity index (χ2v) is 4.33. The number of pyridine rings is 1. The number of nitrogens with zero attached hydrogens (tertiary/aromatic N) is 1. The highest BCUT2D eigenvalue weighted by Gasteiger charge is 2.33. The molecule has 16 heavy (non-hydrogen) atoms. The van der Waals surface area contributed by atoms with Gasteiger partial charge in [0.2, 0.25) is 0 Å². The van der Waals surface area contributed by atoms with Crippen molar-refractivity contribution in [3.8, 4) is 5.75 Å². The van der Waals surface area contributed by atoms with Crippen molar-refractivity contribution in [1.82, 2.24) is 4.98 Å². The number of ether oxygens (including phenoxy) is 1. The van der Waals surface area contributed by atoms with E-state index < -0.39 is 0 Å². The van der Waals surface area contributed by atoms with Crippen molar-refractivity contribution in [2.45, 2.75) is 26.7 Å². The van der Waals surface area contributed by atoms with Crippen LogP contribution in [-0.4, -0.2) is 17.4 Å². The molecule has 0 saturated heterocycles. The maximum Gasteiger partial charge on any atom is 0.167 e. The molecule has 1 aliphatic carbocycles. The molecular weight excluding hydrogens is 202 g/mol. The van der Waals surface area contributed by atoms with Gasteiger partial charge in [0.15, 0.2) is 5.78 Å². The standard InChI is InChI=1S/C13H17NO2/c1-3-16-12-6-11(7-14-8-12)13(15)9(2)10-4-5-10/h6-10H,3-5H2,1-2H3. The molecule has 0 N–H and O–H groups in total. The predicted molar refractivity (Wildman–Crippen MR) is 61.6 cm³/mol. The fourth-order valence-electron chi connectivity index (χ4n) is 1.87. The van der Waals surface area contributed by atoms with Gasteiger partial charge in [-0.05, 0) is 31.7 Å². The highest BCUT2D eigenvalue weighted by atomic mass is 16.5. The first kappa shape index (κ1) is 11.1. The van der Waals surface area contributed by atoms with E-state index >= 15 is 0 Å². The van der Waals surface area contributed by atoms with Crippen LogP contribution in [0.5, 0.6) is 5.75 Å². The number of ketones is 1. The first-order valence-corrected chi connectivity index (χ1v) is 5.84. The average molecular weight is 219 g/mol. The van der Waals surface area contributed by atoms with E-state index in [0.717, 1.165) is 0 Å². The molecule has 1 saturated carbocycles. The maximum absolute atomic E-state index is 12.1. The summed E-state index contributed by atoms with van der Waals surface area (Å²) in [7, 11) is 0. The molecule has 1 heterocycles. The van der Waals surface area contributed by atoms with Crippen molar-refractivity contribution in [2.24, 2.45) is 11.8 Å². The maximum atomic E-state index is 12.1. The molecule has 2 rings (SSSR count). The molecule has 3 heteroatoms. The largest absolute Gasteiger partial charge is 0.492 e. The summed E-state index contributed by atoms with van der Waals surface area (Å²) in [5, 5.41) is 0. The third-order valence-electron chi connectivity index (χ3n) is 3.05. The Bertz CT molecular complexity index is 385. The van der Waals surface area contributed by atoms with Crippen LogP contribution in [0.25, 0.3) is 0 Å². The number of aromatic nitrogens is 1. The lowest BCUT2D eigenvalue weighted by Gasteiger charge is -2.09. The Hall–Kier alpha value is -1.38. The number of hydrogen-bond donors (Lipinski definition) is 0. The van der Waals surface area contributed by atoms with Gasteiger partial charge in [0.1, 0.15) is 5.75 Å². The fraction of sp³-hybridized carbons (Fsp3) is 0.538. The molecule has 1 aromatic heterocycles. The molecule has 86 valence electrons. The van der Waals surface area contributed by atoms with Crippen LogP contribution >= 0.6 is 0 Å². The predicted octanol–water partition coefficient (Wildman–Crippen LogP) is 2.71. The van der Waals surface area contributed by atoms with Gasteiger partial charge in [-0.1, -0.05) is 6.92 Å².